The Bertz CT molecular complexity index is 310. The molecule has 2 rings (SSSR count). The monoisotopic (exact) mass is 212 g/mol. The average molecular weight is 212 g/mol. The van der Waals surface area contributed by atoms with Gasteiger partial charge in [0.15, 0.2) is 0 Å². The number of hydrogen-bond donors (Lipinski definition) is 2. The quantitative estimate of drug-likeness (QED) is 0.736. The summed E-state index contributed by atoms with van der Waals surface area (Å²) in [6, 6.07) is 0. The summed E-state index contributed by atoms with van der Waals surface area (Å²) in [4.78, 5) is 10.8. The van der Waals surface area contributed by atoms with Crippen LogP contribution in [0.4, 0.5) is 0 Å². The van der Waals surface area contributed by atoms with Crippen molar-refractivity contribution in [2.24, 2.45) is 16.7 Å². The van der Waals surface area contributed by atoms with Crippen LogP contribution >= 0.6 is 0 Å². The number of carboxylic acids is 1. The van der Waals surface area contributed by atoms with Gasteiger partial charge >= 0.3 is 5.97 Å². The Morgan fingerprint density at radius 1 is 1.40 bits per heavy atom. The van der Waals surface area contributed by atoms with E-state index in [1.165, 1.54) is 0 Å². The summed E-state index contributed by atoms with van der Waals surface area (Å²) >= 11 is 0. The third-order valence-corrected chi connectivity index (χ3v) is 5.49. The number of aliphatic carboxylic acids is 1. The van der Waals surface area contributed by atoms with Crippen molar-refractivity contribution >= 4 is 5.97 Å². The second-order valence-corrected chi connectivity index (χ2v) is 6.10. The standard InChI is InChI=1S/C12H20O3/c1-10(2)8-4-5-11(10,3)12(15,6-8)7-9(13)14/h8,15H,4-7H2,1-3H3,(H,13,14)/t8?,11?,12-/m0/s1. The van der Waals surface area contributed by atoms with E-state index in [0.717, 1.165) is 12.8 Å². The summed E-state index contributed by atoms with van der Waals surface area (Å²) < 4.78 is 0. The molecule has 0 aliphatic heterocycles. The maximum Gasteiger partial charge on any atom is 0.306 e. The fraction of sp³-hybridized carbons (Fsp3) is 0.917. The molecule has 2 aliphatic rings. The summed E-state index contributed by atoms with van der Waals surface area (Å²) in [5.74, 6) is -0.408. The molecular weight excluding hydrogens is 192 g/mol. The van der Waals surface area contributed by atoms with Gasteiger partial charge in [-0.2, -0.15) is 0 Å². The average Bonchev–Trinajstić information content (AvgIpc) is 2.34. The van der Waals surface area contributed by atoms with Gasteiger partial charge in [-0.25, -0.2) is 0 Å². The molecule has 0 radical (unpaired) electrons. The van der Waals surface area contributed by atoms with Crippen molar-refractivity contribution in [1.29, 1.82) is 0 Å². The van der Waals surface area contributed by atoms with E-state index in [1.54, 1.807) is 0 Å². The van der Waals surface area contributed by atoms with Crippen LogP contribution in [0.5, 0.6) is 0 Å². The predicted molar refractivity (Wildman–Crippen MR) is 56.4 cm³/mol. The van der Waals surface area contributed by atoms with Crippen LogP contribution < -0.4 is 0 Å². The predicted octanol–water partition coefficient (Wildman–Crippen LogP) is 2.04. The van der Waals surface area contributed by atoms with Gasteiger partial charge in [-0.3, -0.25) is 4.79 Å². The molecule has 3 heteroatoms. The van der Waals surface area contributed by atoms with Gasteiger partial charge in [0, 0.05) is 5.41 Å². The fourth-order valence-electron chi connectivity index (χ4n) is 3.94. The van der Waals surface area contributed by atoms with E-state index in [4.69, 9.17) is 5.11 Å². The summed E-state index contributed by atoms with van der Waals surface area (Å²) in [5, 5.41) is 19.5. The van der Waals surface area contributed by atoms with Crippen LogP contribution in [0.25, 0.3) is 0 Å². The Morgan fingerprint density at radius 3 is 2.33 bits per heavy atom. The van der Waals surface area contributed by atoms with Crippen molar-refractivity contribution < 1.29 is 15.0 Å². The molecule has 2 N–H and O–H groups in total. The van der Waals surface area contributed by atoms with Crippen LogP contribution in [0.1, 0.15) is 46.5 Å². The van der Waals surface area contributed by atoms with E-state index >= 15 is 0 Å². The lowest BCUT2D eigenvalue weighted by atomic mass is 9.63. The molecule has 3 nitrogen and oxygen atoms in total. The van der Waals surface area contributed by atoms with E-state index in [1.807, 2.05) is 0 Å². The number of fused-ring (bicyclic) bond motifs is 2. The Balaban J connectivity index is 2.36. The minimum absolute atomic E-state index is 0.0667. The van der Waals surface area contributed by atoms with Crippen LogP contribution in [0.3, 0.4) is 0 Å². The molecule has 2 aliphatic carbocycles. The van der Waals surface area contributed by atoms with Crippen molar-refractivity contribution in [3.8, 4) is 0 Å². The molecule has 86 valence electrons. The smallest absolute Gasteiger partial charge is 0.306 e. The van der Waals surface area contributed by atoms with E-state index < -0.39 is 11.6 Å². The van der Waals surface area contributed by atoms with Crippen molar-refractivity contribution in [1.82, 2.24) is 0 Å². The molecule has 0 amide bonds. The largest absolute Gasteiger partial charge is 0.481 e. The van der Waals surface area contributed by atoms with Crippen LogP contribution in [0.2, 0.25) is 0 Å². The summed E-state index contributed by atoms with van der Waals surface area (Å²) in [6.07, 6.45) is 2.63. The van der Waals surface area contributed by atoms with E-state index in [-0.39, 0.29) is 17.3 Å². The topological polar surface area (TPSA) is 57.5 Å². The third-order valence-electron chi connectivity index (χ3n) is 5.49. The fourth-order valence-corrected chi connectivity index (χ4v) is 3.94. The highest BCUT2D eigenvalue weighted by Gasteiger charge is 2.68. The second-order valence-electron chi connectivity index (χ2n) is 6.10. The highest BCUT2D eigenvalue weighted by atomic mass is 16.4. The molecule has 2 bridgehead atoms. The molecule has 0 saturated heterocycles. The van der Waals surface area contributed by atoms with Gasteiger partial charge in [0.05, 0.1) is 12.0 Å². The zero-order valence-electron chi connectivity index (χ0n) is 9.71. The van der Waals surface area contributed by atoms with Gasteiger partial charge in [0.1, 0.15) is 0 Å². The van der Waals surface area contributed by atoms with Crippen LogP contribution in [-0.4, -0.2) is 21.8 Å². The summed E-state index contributed by atoms with van der Waals surface area (Å²) in [7, 11) is 0. The Labute approximate surface area is 90.5 Å². The van der Waals surface area contributed by atoms with Crippen molar-refractivity contribution in [3.05, 3.63) is 0 Å². The molecule has 2 unspecified atom stereocenters. The zero-order valence-corrected chi connectivity index (χ0v) is 9.71. The maximum atomic E-state index is 10.8. The van der Waals surface area contributed by atoms with Crippen LogP contribution in [-0.2, 0) is 4.79 Å². The number of hydrogen-bond acceptors (Lipinski definition) is 2. The lowest BCUT2D eigenvalue weighted by molar-refractivity contribution is -0.152. The maximum absolute atomic E-state index is 10.8. The molecule has 2 fully saturated rings. The second kappa shape index (κ2) is 2.76. The molecule has 0 aromatic carbocycles. The molecule has 3 atom stereocenters. The van der Waals surface area contributed by atoms with Crippen LogP contribution in [0, 0.1) is 16.7 Å². The highest BCUT2D eigenvalue weighted by molar-refractivity contribution is 5.68. The number of carbonyl (C=O) groups is 1. The SMILES string of the molecule is CC1(C)C2CCC1(C)[C@@](O)(CC(=O)O)C2. The van der Waals surface area contributed by atoms with E-state index in [2.05, 4.69) is 20.8 Å². The Hall–Kier alpha value is -0.570. The third kappa shape index (κ3) is 1.13. The minimum atomic E-state index is -0.995. The lowest BCUT2D eigenvalue weighted by Gasteiger charge is -2.44. The van der Waals surface area contributed by atoms with Crippen LogP contribution in [0.15, 0.2) is 0 Å². The Morgan fingerprint density at radius 2 is 2.00 bits per heavy atom. The van der Waals surface area contributed by atoms with Gasteiger partial charge in [-0.05, 0) is 30.6 Å². The first-order chi connectivity index (χ1) is 6.73. The van der Waals surface area contributed by atoms with Gasteiger partial charge in [-0.15, -0.1) is 0 Å². The lowest BCUT2D eigenvalue weighted by Crippen LogP contribution is -2.48. The minimum Gasteiger partial charge on any atom is -0.481 e. The van der Waals surface area contributed by atoms with Gasteiger partial charge in [0.25, 0.3) is 0 Å². The first kappa shape index (κ1) is 10.9. The van der Waals surface area contributed by atoms with Crippen molar-refractivity contribution in [2.75, 3.05) is 0 Å². The summed E-state index contributed by atoms with van der Waals surface area (Å²) in [5.41, 5.74) is -1.16. The van der Waals surface area contributed by atoms with Gasteiger partial charge in [-0.1, -0.05) is 20.8 Å². The number of rotatable bonds is 2. The molecule has 0 spiro atoms. The molecule has 0 aromatic rings. The number of aliphatic hydroxyl groups is 1. The van der Waals surface area contributed by atoms with Gasteiger partial charge in [0.2, 0.25) is 0 Å². The first-order valence-electron chi connectivity index (χ1n) is 5.67. The normalized spacial score (nSPS) is 47.1. The number of carboxylic acid groups (broad SMARTS) is 1. The zero-order chi connectivity index (χ0) is 11.5. The van der Waals surface area contributed by atoms with Crippen molar-refractivity contribution in [2.45, 2.75) is 52.1 Å². The van der Waals surface area contributed by atoms with Gasteiger partial charge < -0.3 is 10.2 Å². The van der Waals surface area contributed by atoms with Crippen molar-refractivity contribution in [3.63, 3.8) is 0 Å². The molecule has 15 heavy (non-hydrogen) atoms. The first-order valence-corrected chi connectivity index (χ1v) is 5.67. The van der Waals surface area contributed by atoms with E-state index in [9.17, 15) is 9.90 Å². The molecule has 2 saturated carbocycles. The molecule has 0 aromatic heterocycles. The summed E-state index contributed by atoms with van der Waals surface area (Å²) in [6.45, 7) is 6.40. The molecule has 0 heterocycles. The van der Waals surface area contributed by atoms with E-state index in [0.29, 0.717) is 12.3 Å². The molecular formula is C12H20O3. The Kier molecular flexibility index (Phi) is 2.01. The highest BCUT2D eigenvalue weighted by Crippen LogP contribution is 2.70.